The maximum absolute atomic E-state index is 12.8. The first kappa shape index (κ1) is 22.4. The van der Waals surface area contributed by atoms with Crippen molar-refractivity contribution in [3.8, 4) is 5.75 Å². The van der Waals surface area contributed by atoms with Gasteiger partial charge in [0.25, 0.3) is 5.91 Å². The molecule has 0 atom stereocenters. The van der Waals surface area contributed by atoms with Gasteiger partial charge in [-0.25, -0.2) is 4.79 Å². The topological polar surface area (TPSA) is 79.7 Å². The van der Waals surface area contributed by atoms with Gasteiger partial charge in [-0.3, -0.25) is 9.48 Å². The number of hydrogen-bond donors (Lipinski definition) is 1. The van der Waals surface area contributed by atoms with Crippen LogP contribution in [-0.2, 0) is 6.54 Å². The van der Waals surface area contributed by atoms with Crippen molar-refractivity contribution in [3.63, 3.8) is 0 Å². The van der Waals surface area contributed by atoms with Gasteiger partial charge in [-0.2, -0.15) is 5.10 Å². The summed E-state index contributed by atoms with van der Waals surface area (Å²) in [6.45, 7) is 6.62. The zero-order chi connectivity index (χ0) is 23.4. The molecule has 0 saturated carbocycles. The largest absolute Gasteiger partial charge is 0.497 e. The van der Waals surface area contributed by atoms with Crippen molar-refractivity contribution in [2.45, 2.75) is 20.4 Å². The van der Waals surface area contributed by atoms with Crippen LogP contribution in [0.1, 0.15) is 27.3 Å². The van der Waals surface area contributed by atoms with Crippen LogP contribution in [0.2, 0.25) is 0 Å². The fourth-order valence-corrected chi connectivity index (χ4v) is 3.99. The van der Waals surface area contributed by atoms with Gasteiger partial charge in [0, 0.05) is 43.1 Å². The Morgan fingerprint density at radius 3 is 2.30 bits per heavy atom. The Balaban J connectivity index is 1.31. The van der Waals surface area contributed by atoms with Crippen molar-refractivity contribution in [2.24, 2.45) is 0 Å². The molecule has 8 heteroatoms. The number of aryl methyl sites for hydroxylation is 2. The average Bonchev–Trinajstić information content (AvgIpc) is 3.15. The van der Waals surface area contributed by atoms with E-state index < -0.39 is 0 Å². The van der Waals surface area contributed by atoms with Gasteiger partial charge in [-0.1, -0.05) is 12.1 Å². The summed E-state index contributed by atoms with van der Waals surface area (Å²) in [5, 5.41) is 7.49. The van der Waals surface area contributed by atoms with E-state index in [1.54, 1.807) is 41.2 Å². The van der Waals surface area contributed by atoms with E-state index in [0.29, 0.717) is 44.0 Å². The summed E-state index contributed by atoms with van der Waals surface area (Å²) >= 11 is 0. The van der Waals surface area contributed by atoms with Crippen molar-refractivity contribution >= 4 is 17.6 Å². The van der Waals surface area contributed by atoms with Crippen molar-refractivity contribution in [2.75, 3.05) is 38.6 Å². The zero-order valence-corrected chi connectivity index (χ0v) is 19.2. The van der Waals surface area contributed by atoms with Gasteiger partial charge in [0.05, 0.1) is 19.3 Å². The fraction of sp³-hybridized carbons (Fsp3) is 0.320. The van der Waals surface area contributed by atoms with Crippen LogP contribution in [0.3, 0.4) is 0 Å². The van der Waals surface area contributed by atoms with Crippen LogP contribution in [0, 0.1) is 13.8 Å². The minimum Gasteiger partial charge on any atom is -0.497 e. The molecule has 33 heavy (non-hydrogen) atoms. The molecule has 0 bridgehead atoms. The van der Waals surface area contributed by atoms with Crippen LogP contribution in [0.4, 0.5) is 10.5 Å². The van der Waals surface area contributed by atoms with E-state index in [2.05, 4.69) is 10.4 Å². The molecule has 1 aliphatic rings. The lowest BCUT2D eigenvalue weighted by Crippen LogP contribution is -2.51. The molecule has 1 saturated heterocycles. The van der Waals surface area contributed by atoms with Crippen LogP contribution in [0.5, 0.6) is 5.75 Å². The number of nitrogens with one attached hydrogen (secondary N) is 1. The SMILES string of the molecule is COc1ccc(C(=O)N2CCN(C(=O)Nc3cccc(Cn4nc(C)cc4C)c3)CC2)cc1. The standard InChI is InChI=1S/C25H29N5O3/c1-18-15-19(2)30(27-18)17-20-5-4-6-22(16-20)26-25(32)29-13-11-28(12-14-29)24(31)21-7-9-23(33-3)10-8-21/h4-10,15-16H,11-14,17H2,1-3H3,(H,26,32). The second-order valence-corrected chi connectivity index (χ2v) is 8.22. The first-order valence-electron chi connectivity index (χ1n) is 11.0. The number of piperazine rings is 1. The number of amides is 3. The van der Waals surface area contributed by atoms with Crippen LogP contribution in [0.15, 0.2) is 54.6 Å². The lowest BCUT2D eigenvalue weighted by Gasteiger charge is -2.34. The summed E-state index contributed by atoms with van der Waals surface area (Å²) in [6.07, 6.45) is 0. The lowest BCUT2D eigenvalue weighted by atomic mass is 10.1. The van der Waals surface area contributed by atoms with E-state index in [1.807, 2.05) is 48.9 Å². The quantitative estimate of drug-likeness (QED) is 0.649. The van der Waals surface area contributed by atoms with E-state index in [1.165, 1.54) is 0 Å². The second-order valence-electron chi connectivity index (χ2n) is 8.22. The highest BCUT2D eigenvalue weighted by atomic mass is 16.5. The Kier molecular flexibility index (Phi) is 6.63. The average molecular weight is 448 g/mol. The third-order valence-electron chi connectivity index (χ3n) is 5.81. The maximum Gasteiger partial charge on any atom is 0.321 e. The molecule has 1 N–H and O–H groups in total. The van der Waals surface area contributed by atoms with E-state index in [4.69, 9.17) is 4.74 Å². The summed E-state index contributed by atoms with van der Waals surface area (Å²) < 4.78 is 7.10. The molecule has 0 spiro atoms. The number of hydrogen-bond acceptors (Lipinski definition) is 4. The molecule has 2 aromatic carbocycles. The number of ether oxygens (including phenoxy) is 1. The summed E-state index contributed by atoms with van der Waals surface area (Å²) in [6, 6.07) is 16.8. The molecule has 1 aromatic heterocycles. The molecule has 3 aromatic rings. The minimum atomic E-state index is -0.158. The molecule has 1 aliphatic heterocycles. The molecule has 3 amide bonds. The summed E-state index contributed by atoms with van der Waals surface area (Å²) in [4.78, 5) is 29.1. The van der Waals surface area contributed by atoms with Gasteiger partial charge >= 0.3 is 6.03 Å². The number of anilines is 1. The molecule has 0 unspecified atom stereocenters. The molecule has 4 rings (SSSR count). The van der Waals surface area contributed by atoms with Gasteiger partial charge in [0.1, 0.15) is 5.75 Å². The maximum atomic E-state index is 12.8. The summed E-state index contributed by atoms with van der Waals surface area (Å²) in [7, 11) is 1.60. The number of carbonyl (C=O) groups excluding carboxylic acids is 2. The first-order chi connectivity index (χ1) is 15.9. The third-order valence-corrected chi connectivity index (χ3v) is 5.81. The van der Waals surface area contributed by atoms with Gasteiger partial charge in [-0.05, 0) is 61.9 Å². The van der Waals surface area contributed by atoms with E-state index in [0.717, 1.165) is 22.6 Å². The molecular weight excluding hydrogens is 418 g/mol. The molecule has 1 fully saturated rings. The first-order valence-corrected chi connectivity index (χ1v) is 11.0. The summed E-state index contributed by atoms with van der Waals surface area (Å²) in [5.41, 5.74) is 4.52. The zero-order valence-electron chi connectivity index (χ0n) is 19.2. The second kappa shape index (κ2) is 9.77. The molecule has 0 aliphatic carbocycles. The highest BCUT2D eigenvalue weighted by Gasteiger charge is 2.25. The number of rotatable bonds is 5. The highest BCUT2D eigenvalue weighted by Crippen LogP contribution is 2.17. The highest BCUT2D eigenvalue weighted by molar-refractivity contribution is 5.95. The van der Waals surface area contributed by atoms with Crippen LogP contribution in [0.25, 0.3) is 0 Å². The normalized spacial score (nSPS) is 13.7. The Morgan fingerprint density at radius 2 is 1.67 bits per heavy atom. The van der Waals surface area contributed by atoms with Crippen LogP contribution < -0.4 is 10.1 Å². The van der Waals surface area contributed by atoms with Gasteiger partial charge in [-0.15, -0.1) is 0 Å². The monoisotopic (exact) mass is 447 g/mol. The molecular formula is C25H29N5O3. The van der Waals surface area contributed by atoms with Gasteiger partial charge < -0.3 is 19.9 Å². The number of benzene rings is 2. The Morgan fingerprint density at radius 1 is 0.970 bits per heavy atom. The Bertz CT molecular complexity index is 1130. The molecule has 2 heterocycles. The third kappa shape index (κ3) is 5.34. The van der Waals surface area contributed by atoms with E-state index >= 15 is 0 Å². The fourth-order valence-electron chi connectivity index (χ4n) is 3.99. The van der Waals surface area contributed by atoms with Crippen molar-refractivity contribution in [1.29, 1.82) is 0 Å². The number of methoxy groups -OCH3 is 1. The van der Waals surface area contributed by atoms with E-state index in [-0.39, 0.29) is 11.9 Å². The lowest BCUT2D eigenvalue weighted by molar-refractivity contribution is 0.0671. The van der Waals surface area contributed by atoms with Gasteiger partial charge in [0.15, 0.2) is 0 Å². The van der Waals surface area contributed by atoms with Crippen molar-refractivity contribution in [1.82, 2.24) is 19.6 Å². The van der Waals surface area contributed by atoms with Crippen molar-refractivity contribution in [3.05, 3.63) is 77.1 Å². The number of aromatic nitrogens is 2. The molecule has 0 radical (unpaired) electrons. The number of urea groups is 1. The number of nitrogens with zero attached hydrogens (tertiary/aromatic N) is 4. The Labute approximate surface area is 193 Å². The predicted octanol–water partition coefficient (Wildman–Crippen LogP) is 3.55. The smallest absolute Gasteiger partial charge is 0.321 e. The summed E-state index contributed by atoms with van der Waals surface area (Å²) in [5.74, 6) is 0.682. The predicted molar refractivity (Wildman–Crippen MR) is 127 cm³/mol. The number of carbonyl (C=O) groups is 2. The minimum absolute atomic E-state index is 0.0328. The molecule has 172 valence electrons. The van der Waals surface area contributed by atoms with Gasteiger partial charge in [0.2, 0.25) is 0 Å². The van der Waals surface area contributed by atoms with Crippen molar-refractivity contribution < 1.29 is 14.3 Å². The Hall–Kier alpha value is -3.81. The molecule has 8 nitrogen and oxygen atoms in total. The van der Waals surface area contributed by atoms with Crippen LogP contribution >= 0.6 is 0 Å². The van der Waals surface area contributed by atoms with Crippen LogP contribution in [-0.4, -0.2) is 64.8 Å². The van der Waals surface area contributed by atoms with E-state index in [9.17, 15) is 9.59 Å².